The van der Waals surface area contributed by atoms with E-state index in [1.165, 1.54) is 44.3 Å². The molecule has 0 saturated carbocycles. The molecule has 0 spiro atoms. The molecule has 0 atom stereocenters. The van der Waals surface area contributed by atoms with Gasteiger partial charge in [0.15, 0.2) is 0 Å². The first-order chi connectivity index (χ1) is 22.5. The van der Waals surface area contributed by atoms with Crippen molar-refractivity contribution >= 4 is 62.0 Å². The van der Waals surface area contributed by atoms with E-state index in [9.17, 15) is 0 Å². The first-order valence-corrected chi connectivity index (χ1v) is 20.8. The highest BCUT2D eigenvalue weighted by Gasteiger charge is 2.44. The summed E-state index contributed by atoms with van der Waals surface area (Å²) in [6.45, 7) is 9.87. The Morgan fingerprint density at radius 3 is 1.30 bits per heavy atom. The van der Waals surface area contributed by atoms with Crippen LogP contribution in [0.25, 0.3) is 12.2 Å². The third-order valence-electron chi connectivity index (χ3n) is 9.61. The molecule has 0 amide bonds. The molecule has 0 bridgehead atoms. The Morgan fingerprint density at radius 1 is 0.543 bits per heavy atom. The van der Waals surface area contributed by atoms with E-state index < -0.39 is 6.19 Å². The maximum atomic E-state index is 7.29. The van der Waals surface area contributed by atoms with Gasteiger partial charge in [0, 0.05) is 70.2 Å². The van der Waals surface area contributed by atoms with Crippen molar-refractivity contribution < 1.29 is 14.2 Å². The van der Waals surface area contributed by atoms with Crippen LogP contribution in [0.2, 0.25) is 0 Å². The minimum atomic E-state index is -2.35. The van der Waals surface area contributed by atoms with E-state index in [4.69, 9.17) is 26.0 Å². The van der Waals surface area contributed by atoms with Crippen LogP contribution in [0.15, 0.2) is 90.6 Å². The van der Waals surface area contributed by atoms with Gasteiger partial charge in [-0.15, -0.1) is 0 Å². The van der Waals surface area contributed by atoms with Crippen LogP contribution >= 0.6 is 38.0 Å². The molecule has 5 aliphatic rings. The molecule has 7 rings (SSSR count). The molecule has 3 saturated heterocycles. The standard InChI is InChI=1S/C36H42Br2N3O3PS/c37-31-7-1-27(2-8-31)25-29-5-11-33(35(29)39-13-19-42-20-14-39)45(46,41-17-23-44-24-18-41)34-12-6-30(26-28-3-9-32(38)10-4-28)36(34)40-15-21-43-22-16-40/h1-4,7-10,25-26H,5-6,11-24H2/b29-25+,30-26+. The monoisotopic (exact) mass is 785 g/mol. The van der Waals surface area contributed by atoms with Gasteiger partial charge in [0.05, 0.1) is 45.8 Å². The molecule has 0 N–H and O–H groups in total. The summed E-state index contributed by atoms with van der Waals surface area (Å²) in [4.78, 5) is 5.20. The molecule has 3 fully saturated rings. The van der Waals surface area contributed by atoms with E-state index in [1.807, 2.05) is 0 Å². The van der Waals surface area contributed by atoms with Gasteiger partial charge in [-0.2, -0.15) is 0 Å². The molecule has 244 valence electrons. The van der Waals surface area contributed by atoms with Gasteiger partial charge in [0.2, 0.25) is 0 Å². The minimum absolute atomic E-state index is 0.738. The van der Waals surface area contributed by atoms with E-state index >= 15 is 0 Å². The minimum Gasteiger partial charge on any atom is -0.379 e. The van der Waals surface area contributed by atoms with Crippen molar-refractivity contribution in [2.75, 3.05) is 78.9 Å². The largest absolute Gasteiger partial charge is 0.379 e. The van der Waals surface area contributed by atoms with E-state index in [1.54, 1.807) is 0 Å². The summed E-state index contributed by atoms with van der Waals surface area (Å²) < 4.78 is 22.6. The quantitative estimate of drug-likeness (QED) is 0.263. The normalized spacial score (nSPS) is 23.8. The fourth-order valence-corrected chi connectivity index (χ4v) is 13.2. The average molecular weight is 788 g/mol. The summed E-state index contributed by atoms with van der Waals surface area (Å²) in [5.41, 5.74) is 8.11. The Morgan fingerprint density at radius 2 is 0.913 bits per heavy atom. The second kappa shape index (κ2) is 14.9. The summed E-state index contributed by atoms with van der Waals surface area (Å²) in [5.74, 6) is 0. The van der Waals surface area contributed by atoms with Crippen LogP contribution in [0, 0.1) is 0 Å². The topological polar surface area (TPSA) is 37.4 Å². The van der Waals surface area contributed by atoms with E-state index in [0.29, 0.717) is 0 Å². The fraction of sp³-hybridized carbons (Fsp3) is 0.444. The Bertz CT molecular complexity index is 1480. The van der Waals surface area contributed by atoms with Crippen molar-refractivity contribution in [3.8, 4) is 0 Å². The lowest BCUT2D eigenvalue weighted by molar-refractivity contribution is 0.0546. The molecule has 0 unspecified atom stereocenters. The number of halogens is 2. The molecule has 6 nitrogen and oxygen atoms in total. The lowest BCUT2D eigenvalue weighted by Gasteiger charge is -2.43. The van der Waals surface area contributed by atoms with Gasteiger partial charge in [-0.1, -0.05) is 67.9 Å². The van der Waals surface area contributed by atoms with Gasteiger partial charge in [-0.25, -0.2) is 0 Å². The van der Waals surface area contributed by atoms with Crippen molar-refractivity contribution in [3.05, 3.63) is 102 Å². The first kappa shape index (κ1) is 33.0. The van der Waals surface area contributed by atoms with Gasteiger partial charge < -0.3 is 24.0 Å². The summed E-state index contributed by atoms with van der Waals surface area (Å²) >= 11 is 14.5. The van der Waals surface area contributed by atoms with Crippen LogP contribution in [-0.2, 0) is 26.0 Å². The third-order valence-corrected chi connectivity index (χ3v) is 16.2. The van der Waals surface area contributed by atoms with Crippen LogP contribution in [0.5, 0.6) is 0 Å². The maximum absolute atomic E-state index is 7.29. The van der Waals surface area contributed by atoms with Gasteiger partial charge in [-0.3, -0.25) is 4.67 Å². The van der Waals surface area contributed by atoms with Crippen LogP contribution in [0.4, 0.5) is 0 Å². The van der Waals surface area contributed by atoms with Crippen LogP contribution in [-0.4, -0.2) is 93.4 Å². The van der Waals surface area contributed by atoms with Crippen LogP contribution in [0.3, 0.4) is 0 Å². The molecule has 46 heavy (non-hydrogen) atoms. The van der Waals surface area contributed by atoms with Crippen molar-refractivity contribution in [1.29, 1.82) is 0 Å². The SMILES string of the molecule is S=P(C1=C(N2CCOCC2)/C(=C/c2ccc(Br)cc2)CC1)(C1=C(N2CCOCC2)/C(=C/c2ccc(Br)cc2)CC1)N1CCOCC1. The Labute approximate surface area is 295 Å². The lowest BCUT2D eigenvalue weighted by atomic mass is 10.1. The fourth-order valence-electron chi connectivity index (χ4n) is 7.43. The number of benzene rings is 2. The van der Waals surface area contributed by atoms with Crippen LogP contribution in [0.1, 0.15) is 36.8 Å². The van der Waals surface area contributed by atoms with Gasteiger partial charge >= 0.3 is 0 Å². The number of morpholine rings is 3. The molecule has 3 heterocycles. The Kier molecular flexibility index (Phi) is 10.7. The summed E-state index contributed by atoms with van der Waals surface area (Å²) in [6, 6.07) is 17.4. The molecule has 0 aromatic heterocycles. The van der Waals surface area contributed by atoms with Gasteiger partial charge in [0.1, 0.15) is 0 Å². The maximum Gasteiger partial charge on any atom is 0.0674 e. The Hall–Kier alpha value is -1.55. The van der Waals surface area contributed by atoms with Crippen molar-refractivity contribution in [2.24, 2.45) is 0 Å². The van der Waals surface area contributed by atoms with Crippen LogP contribution < -0.4 is 0 Å². The summed E-state index contributed by atoms with van der Waals surface area (Å²) in [7, 11) is 0. The lowest BCUT2D eigenvalue weighted by Crippen LogP contribution is -2.38. The summed E-state index contributed by atoms with van der Waals surface area (Å²) in [6.07, 6.45) is 6.52. The second-order valence-electron chi connectivity index (χ2n) is 12.4. The zero-order valence-electron chi connectivity index (χ0n) is 26.3. The Balaban J connectivity index is 1.42. The van der Waals surface area contributed by atoms with Gasteiger partial charge in [-0.05, 0) is 84.4 Å². The van der Waals surface area contributed by atoms with Crippen molar-refractivity contribution in [1.82, 2.24) is 14.5 Å². The number of hydrogen-bond donors (Lipinski definition) is 0. The number of ether oxygens (including phenoxy) is 3. The molecular formula is C36H42Br2N3O3PS. The first-order valence-electron chi connectivity index (χ1n) is 16.5. The number of hydrogen-bond acceptors (Lipinski definition) is 6. The average Bonchev–Trinajstić information content (AvgIpc) is 3.73. The second-order valence-corrected chi connectivity index (χ2v) is 18.6. The van der Waals surface area contributed by atoms with E-state index in [-0.39, 0.29) is 0 Å². The zero-order chi connectivity index (χ0) is 31.5. The smallest absolute Gasteiger partial charge is 0.0674 e. The number of rotatable bonds is 7. The van der Waals surface area contributed by atoms with E-state index in [2.05, 4.69) is 107 Å². The molecule has 3 aliphatic heterocycles. The highest BCUT2D eigenvalue weighted by Crippen LogP contribution is 2.72. The number of allylic oxidation sites excluding steroid dienone is 4. The summed E-state index contributed by atoms with van der Waals surface area (Å²) in [5, 5.41) is 3.00. The van der Waals surface area contributed by atoms with E-state index in [0.717, 1.165) is 114 Å². The highest BCUT2D eigenvalue weighted by atomic mass is 79.9. The molecule has 2 aliphatic carbocycles. The molecule has 10 heteroatoms. The number of nitrogens with zero attached hydrogens (tertiary/aromatic N) is 3. The molecule has 2 aromatic carbocycles. The highest BCUT2D eigenvalue weighted by molar-refractivity contribution is 9.10. The van der Waals surface area contributed by atoms with Crippen molar-refractivity contribution in [2.45, 2.75) is 25.7 Å². The third kappa shape index (κ3) is 6.95. The molecule has 0 radical (unpaired) electrons. The van der Waals surface area contributed by atoms with Crippen molar-refractivity contribution in [3.63, 3.8) is 0 Å². The molecule has 2 aromatic rings. The van der Waals surface area contributed by atoms with Gasteiger partial charge in [0.25, 0.3) is 0 Å². The predicted octanol–water partition coefficient (Wildman–Crippen LogP) is 8.08. The zero-order valence-corrected chi connectivity index (χ0v) is 31.1. The molecular weight excluding hydrogens is 745 g/mol. The predicted molar refractivity (Wildman–Crippen MR) is 198 cm³/mol.